The average molecular weight is 328 g/mol. The van der Waals surface area contributed by atoms with Gasteiger partial charge in [-0.05, 0) is 30.7 Å². The van der Waals surface area contributed by atoms with Crippen molar-refractivity contribution < 1.29 is 14.3 Å². The van der Waals surface area contributed by atoms with Crippen molar-refractivity contribution >= 4 is 29.1 Å². The van der Waals surface area contributed by atoms with Crippen molar-refractivity contribution in [1.29, 1.82) is 0 Å². The van der Waals surface area contributed by atoms with Crippen molar-refractivity contribution in [2.24, 2.45) is 5.73 Å². The molecule has 22 heavy (non-hydrogen) atoms. The first kappa shape index (κ1) is 18.4. The molecule has 3 N–H and O–H groups in total. The molecule has 0 saturated carbocycles. The van der Waals surface area contributed by atoms with Crippen LogP contribution in [-0.2, 0) is 14.3 Å². The molecular weight excluding hydrogens is 306 g/mol. The molecule has 6 nitrogen and oxygen atoms in total. The molecule has 0 spiro atoms. The van der Waals surface area contributed by atoms with E-state index >= 15 is 0 Å². The molecule has 1 rings (SSSR count). The summed E-state index contributed by atoms with van der Waals surface area (Å²) < 4.78 is 4.88. The number of nitrogens with zero attached hydrogens (tertiary/aromatic N) is 1. The lowest BCUT2D eigenvalue weighted by molar-refractivity contribution is -0.136. The first-order valence-electron chi connectivity index (χ1n) is 7.06. The van der Waals surface area contributed by atoms with Crippen molar-refractivity contribution in [3.63, 3.8) is 0 Å². The van der Waals surface area contributed by atoms with E-state index in [1.54, 1.807) is 24.3 Å². The molecule has 1 aromatic carbocycles. The zero-order valence-electron chi connectivity index (χ0n) is 12.8. The Morgan fingerprint density at radius 1 is 1.36 bits per heavy atom. The van der Waals surface area contributed by atoms with E-state index in [-0.39, 0.29) is 25.0 Å². The van der Waals surface area contributed by atoms with E-state index in [0.717, 1.165) is 6.42 Å². The summed E-state index contributed by atoms with van der Waals surface area (Å²) in [5, 5.41) is 3.31. The second-order valence-corrected chi connectivity index (χ2v) is 5.31. The molecule has 0 aliphatic heterocycles. The van der Waals surface area contributed by atoms with Gasteiger partial charge in [0, 0.05) is 24.4 Å². The molecule has 1 aromatic rings. The second-order valence-electron chi connectivity index (χ2n) is 4.88. The SMILES string of the molecule is CCCN(CC(=O)Nc1ccc(Cl)cc1)C(=O)C(N)COC. The number of carbonyl (C=O) groups excluding carboxylic acids is 2. The molecule has 0 fully saturated rings. The number of ether oxygens (including phenoxy) is 1. The smallest absolute Gasteiger partial charge is 0.243 e. The summed E-state index contributed by atoms with van der Waals surface area (Å²) in [6.45, 7) is 2.47. The number of nitrogens with two attached hydrogens (primary N) is 1. The largest absolute Gasteiger partial charge is 0.383 e. The molecule has 122 valence electrons. The number of methoxy groups -OCH3 is 1. The lowest BCUT2D eigenvalue weighted by Gasteiger charge is -2.24. The highest BCUT2D eigenvalue weighted by Crippen LogP contribution is 2.13. The van der Waals surface area contributed by atoms with Gasteiger partial charge in [-0.25, -0.2) is 0 Å². The van der Waals surface area contributed by atoms with E-state index in [4.69, 9.17) is 22.1 Å². The summed E-state index contributed by atoms with van der Waals surface area (Å²) >= 11 is 5.79. The van der Waals surface area contributed by atoms with Crippen LogP contribution in [0, 0.1) is 0 Å². The van der Waals surface area contributed by atoms with Gasteiger partial charge in [0.25, 0.3) is 0 Å². The Balaban J connectivity index is 2.63. The Bertz CT molecular complexity index is 493. The van der Waals surface area contributed by atoms with E-state index in [1.165, 1.54) is 12.0 Å². The normalized spacial score (nSPS) is 11.8. The fourth-order valence-corrected chi connectivity index (χ4v) is 2.06. The zero-order chi connectivity index (χ0) is 16.5. The summed E-state index contributed by atoms with van der Waals surface area (Å²) in [6.07, 6.45) is 0.736. The Labute approximate surface area is 135 Å². The van der Waals surface area contributed by atoms with Crippen molar-refractivity contribution in [3.05, 3.63) is 29.3 Å². The second kappa shape index (κ2) is 9.40. The fraction of sp³-hybridized carbons (Fsp3) is 0.467. The van der Waals surface area contributed by atoms with Crippen molar-refractivity contribution in [1.82, 2.24) is 4.90 Å². The number of anilines is 1. The number of benzene rings is 1. The van der Waals surface area contributed by atoms with Crippen LogP contribution in [0.15, 0.2) is 24.3 Å². The Morgan fingerprint density at radius 2 is 2.00 bits per heavy atom. The van der Waals surface area contributed by atoms with Gasteiger partial charge in [0.15, 0.2) is 0 Å². The number of hydrogen-bond donors (Lipinski definition) is 2. The van der Waals surface area contributed by atoms with Gasteiger partial charge in [0.1, 0.15) is 6.04 Å². The van der Waals surface area contributed by atoms with E-state index in [9.17, 15) is 9.59 Å². The van der Waals surface area contributed by atoms with Gasteiger partial charge in [-0.2, -0.15) is 0 Å². The molecule has 0 bridgehead atoms. The first-order chi connectivity index (χ1) is 10.5. The van der Waals surface area contributed by atoms with Crippen LogP contribution in [0.25, 0.3) is 0 Å². The van der Waals surface area contributed by atoms with Crippen LogP contribution in [0.1, 0.15) is 13.3 Å². The molecule has 0 radical (unpaired) electrons. The predicted molar refractivity (Wildman–Crippen MR) is 86.8 cm³/mol. The first-order valence-corrected chi connectivity index (χ1v) is 7.44. The minimum Gasteiger partial charge on any atom is -0.383 e. The van der Waals surface area contributed by atoms with Gasteiger partial charge >= 0.3 is 0 Å². The van der Waals surface area contributed by atoms with Crippen molar-refractivity contribution in [2.75, 3.05) is 32.1 Å². The number of amides is 2. The summed E-state index contributed by atoms with van der Waals surface area (Å²) in [4.78, 5) is 25.7. The zero-order valence-corrected chi connectivity index (χ0v) is 13.6. The van der Waals surface area contributed by atoms with E-state index in [0.29, 0.717) is 17.3 Å². The maximum absolute atomic E-state index is 12.2. The van der Waals surface area contributed by atoms with E-state index in [2.05, 4.69) is 5.32 Å². The summed E-state index contributed by atoms with van der Waals surface area (Å²) in [6, 6.07) is 5.99. The number of carbonyl (C=O) groups is 2. The van der Waals surface area contributed by atoms with Crippen LogP contribution in [0.5, 0.6) is 0 Å². The van der Waals surface area contributed by atoms with Crippen LogP contribution >= 0.6 is 11.6 Å². The third-order valence-electron chi connectivity index (χ3n) is 2.93. The van der Waals surface area contributed by atoms with Crippen LogP contribution in [0.2, 0.25) is 5.02 Å². The molecule has 0 aliphatic carbocycles. The molecule has 2 amide bonds. The number of halogens is 1. The minimum absolute atomic E-state index is 0.0489. The van der Waals surface area contributed by atoms with Crippen molar-refractivity contribution in [3.8, 4) is 0 Å². The molecular formula is C15H22ClN3O3. The van der Waals surface area contributed by atoms with Gasteiger partial charge in [0.2, 0.25) is 11.8 Å². The Hall–Kier alpha value is -1.63. The summed E-state index contributed by atoms with van der Waals surface area (Å²) in [5.74, 6) is -0.580. The monoisotopic (exact) mass is 327 g/mol. The van der Waals surface area contributed by atoms with Crippen LogP contribution in [0.4, 0.5) is 5.69 Å². The third-order valence-corrected chi connectivity index (χ3v) is 3.18. The van der Waals surface area contributed by atoms with E-state index in [1.807, 2.05) is 6.92 Å². The van der Waals surface area contributed by atoms with Crippen LogP contribution < -0.4 is 11.1 Å². The third kappa shape index (κ3) is 6.01. The van der Waals surface area contributed by atoms with Gasteiger partial charge in [-0.15, -0.1) is 0 Å². The van der Waals surface area contributed by atoms with Gasteiger partial charge < -0.3 is 20.7 Å². The molecule has 1 unspecified atom stereocenters. The molecule has 7 heteroatoms. The topological polar surface area (TPSA) is 84.7 Å². The standard InChI is InChI=1S/C15H22ClN3O3/c1-3-8-19(15(21)13(17)10-22-2)9-14(20)18-12-6-4-11(16)5-7-12/h4-7,13H,3,8-10,17H2,1-2H3,(H,18,20). The maximum atomic E-state index is 12.2. The highest BCUT2D eigenvalue weighted by Gasteiger charge is 2.22. The molecule has 0 aromatic heterocycles. The Morgan fingerprint density at radius 3 is 2.55 bits per heavy atom. The lowest BCUT2D eigenvalue weighted by Crippen LogP contribution is -2.48. The van der Waals surface area contributed by atoms with Gasteiger partial charge in [-0.3, -0.25) is 9.59 Å². The molecule has 0 aliphatic rings. The molecule has 1 atom stereocenters. The summed E-state index contributed by atoms with van der Waals surface area (Å²) in [7, 11) is 1.48. The molecule has 0 saturated heterocycles. The van der Waals surface area contributed by atoms with Gasteiger partial charge in [0.05, 0.1) is 13.2 Å². The average Bonchev–Trinajstić information content (AvgIpc) is 2.48. The lowest BCUT2D eigenvalue weighted by atomic mass is 10.2. The highest BCUT2D eigenvalue weighted by atomic mass is 35.5. The fourth-order valence-electron chi connectivity index (χ4n) is 1.93. The van der Waals surface area contributed by atoms with Crippen molar-refractivity contribution in [2.45, 2.75) is 19.4 Å². The number of hydrogen-bond acceptors (Lipinski definition) is 4. The maximum Gasteiger partial charge on any atom is 0.243 e. The Kier molecular flexibility index (Phi) is 7.87. The number of rotatable bonds is 8. The quantitative estimate of drug-likeness (QED) is 0.757. The summed E-state index contributed by atoms with van der Waals surface area (Å²) in [5.41, 5.74) is 6.37. The predicted octanol–water partition coefficient (Wildman–Crippen LogP) is 1.49. The minimum atomic E-state index is -0.764. The van der Waals surface area contributed by atoms with Gasteiger partial charge in [-0.1, -0.05) is 18.5 Å². The number of nitrogens with one attached hydrogen (secondary N) is 1. The van der Waals surface area contributed by atoms with Crippen LogP contribution in [-0.4, -0.2) is 49.6 Å². The molecule has 0 heterocycles. The van der Waals surface area contributed by atoms with Crippen LogP contribution in [0.3, 0.4) is 0 Å². The van der Waals surface area contributed by atoms with E-state index < -0.39 is 6.04 Å². The highest BCUT2D eigenvalue weighted by molar-refractivity contribution is 6.30.